The van der Waals surface area contributed by atoms with E-state index in [1.807, 2.05) is 19.1 Å². The van der Waals surface area contributed by atoms with Crippen LogP contribution in [0.1, 0.15) is 44.2 Å². The lowest BCUT2D eigenvalue weighted by molar-refractivity contribution is 0.217. The van der Waals surface area contributed by atoms with Crippen LogP contribution in [0.25, 0.3) is 6.08 Å². The van der Waals surface area contributed by atoms with Gasteiger partial charge in [-0.3, -0.25) is 9.47 Å². The van der Waals surface area contributed by atoms with Crippen LogP contribution in [-0.2, 0) is 13.6 Å². The normalized spacial score (nSPS) is 19.8. The summed E-state index contributed by atoms with van der Waals surface area (Å²) in [5.41, 5.74) is 1.26. The van der Waals surface area contributed by atoms with Crippen LogP contribution >= 0.6 is 0 Å². The van der Waals surface area contributed by atoms with Crippen LogP contribution in [0.15, 0.2) is 33.2 Å². The Balaban J connectivity index is 1.71. The predicted octanol–water partition coefficient (Wildman–Crippen LogP) is 2.48. The first-order chi connectivity index (χ1) is 11.6. The van der Waals surface area contributed by atoms with Gasteiger partial charge < -0.3 is 4.42 Å². The van der Waals surface area contributed by atoms with Crippen molar-refractivity contribution in [3.05, 3.63) is 46.0 Å². The zero-order valence-electron chi connectivity index (χ0n) is 14.7. The quantitative estimate of drug-likeness (QED) is 0.845. The Morgan fingerprint density at radius 1 is 1.50 bits per heavy atom. The number of nitrogens with zero attached hydrogens (tertiary/aromatic N) is 4. The summed E-state index contributed by atoms with van der Waals surface area (Å²) >= 11 is 0. The summed E-state index contributed by atoms with van der Waals surface area (Å²) in [5, 5.41) is 4.49. The predicted molar refractivity (Wildman–Crippen MR) is 93.9 cm³/mol. The van der Waals surface area contributed by atoms with Gasteiger partial charge in [-0.1, -0.05) is 5.57 Å². The summed E-state index contributed by atoms with van der Waals surface area (Å²) in [6.45, 7) is 7.76. The largest absolute Gasteiger partial charge is 0.465 e. The number of furan rings is 1. The van der Waals surface area contributed by atoms with E-state index in [1.165, 1.54) is 10.3 Å². The molecule has 0 aliphatic carbocycles. The molecule has 1 saturated heterocycles. The topological polar surface area (TPSA) is 56.2 Å². The molecule has 0 radical (unpaired) electrons. The molecule has 3 rings (SSSR count). The molecule has 0 bridgehead atoms. The minimum absolute atomic E-state index is 0.0153. The summed E-state index contributed by atoms with van der Waals surface area (Å²) in [6, 6.07) is 3.87. The molecular weight excluding hydrogens is 304 g/mol. The second kappa shape index (κ2) is 7.21. The number of piperidine rings is 1. The van der Waals surface area contributed by atoms with Crippen LogP contribution < -0.4 is 5.69 Å². The molecular formula is C18H26N4O2. The lowest BCUT2D eigenvalue weighted by Crippen LogP contribution is -2.36. The van der Waals surface area contributed by atoms with Gasteiger partial charge in [0.05, 0.1) is 6.26 Å². The first kappa shape index (κ1) is 16.8. The van der Waals surface area contributed by atoms with Crippen LogP contribution in [0, 0.1) is 0 Å². The zero-order valence-corrected chi connectivity index (χ0v) is 14.7. The van der Waals surface area contributed by atoms with Crippen molar-refractivity contribution in [3.63, 3.8) is 0 Å². The second-order valence-corrected chi connectivity index (χ2v) is 6.59. The Morgan fingerprint density at radius 3 is 3.04 bits per heavy atom. The van der Waals surface area contributed by atoms with E-state index in [-0.39, 0.29) is 5.69 Å². The molecule has 24 heavy (non-hydrogen) atoms. The number of hydrogen-bond donors (Lipinski definition) is 0. The molecule has 0 amide bonds. The lowest BCUT2D eigenvalue weighted by Gasteiger charge is -2.32. The molecule has 2 aromatic rings. The maximum absolute atomic E-state index is 12.1. The van der Waals surface area contributed by atoms with E-state index in [4.69, 9.17) is 4.42 Å². The Labute approximate surface area is 142 Å². The molecule has 2 aromatic heterocycles. The number of likely N-dealkylation sites (tertiary alicyclic amines) is 1. The highest BCUT2D eigenvalue weighted by molar-refractivity contribution is 5.46. The highest BCUT2D eigenvalue weighted by Crippen LogP contribution is 2.25. The van der Waals surface area contributed by atoms with E-state index in [0.717, 1.165) is 44.1 Å². The van der Waals surface area contributed by atoms with E-state index in [0.29, 0.717) is 12.5 Å². The molecule has 0 saturated carbocycles. The Hall–Kier alpha value is -2.08. The fourth-order valence-corrected chi connectivity index (χ4v) is 3.55. The van der Waals surface area contributed by atoms with Crippen LogP contribution in [-0.4, -0.2) is 38.9 Å². The van der Waals surface area contributed by atoms with Crippen molar-refractivity contribution >= 4 is 6.08 Å². The van der Waals surface area contributed by atoms with Crippen LogP contribution in [0.5, 0.6) is 0 Å². The molecule has 6 nitrogen and oxygen atoms in total. The molecule has 1 atom stereocenters. The summed E-state index contributed by atoms with van der Waals surface area (Å²) < 4.78 is 8.65. The summed E-state index contributed by atoms with van der Waals surface area (Å²) in [7, 11) is 1.73. The maximum Gasteiger partial charge on any atom is 0.345 e. The number of aromatic nitrogens is 3. The van der Waals surface area contributed by atoms with Gasteiger partial charge in [0.25, 0.3) is 0 Å². The van der Waals surface area contributed by atoms with E-state index in [2.05, 4.69) is 23.0 Å². The zero-order chi connectivity index (χ0) is 17.1. The fraction of sp³-hybridized carbons (Fsp3) is 0.556. The summed E-state index contributed by atoms with van der Waals surface area (Å²) in [4.78, 5) is 14.6. The van der Waals surface area contributed by atoms with Crippen molar-refractivity contribution in [2.45, 2.75) is 39.2 Å². The van der Waals surface area contributed by atoms with Crippen molar-refractivity contribution in [2.24, 2.45) is 7.05 Å². The second-order valence-electron chi connectivity index (χ2n) is 6.59. The Morgan fingerprint density at radius 2 is 2.33 bits per heavy atom. The third-order valence-electron chi connectivity index (χ3n) is 4.63. The van der Waals surface area contributed by atoms with Crippen LogP contribution in [0.2, 0.25) is 0 Å². The first-order valence-electron chi connectivity index (χ1n) is 8.65. The molecule has 0 aromatic carbocycles. The van der Waals surface area contributed by atoms with Gasteiger partial charge in [0.15, 0.2) is 0 Å². The number of hydrogen-bond acceptors (Lipinski definition) is 4. The van der Waals surface area contributed by atoms with Crippen molar-refractivity contribution < 1.29 is 4.42 Å². The van der Waals surface area contributed by atoms with Gasteiger partial charge in [-0.15, -0.1) is 0 Å². The van der Waals surface area contributed by atoms with Crippen LogP contribution in [0.4, 0.5) is 0 Å². The SMILES string of the molecule is CCn1c([C@H]2CCCN(C/C(C)=C/c3ccco3)C2)nn(C)c1=O. The minimum atomic E-state index is -0.0153. The van der Waals surface area contributed by atoms with Gasteiger partial charge in [-0.2, -0.15) is 5.10 Å². The summed E-state index contributed by atoms with van der Waals surface area (Å²) in [5.74, 6) is 2.15. The minimum Gasteiger partial charge on any atom is -0.465 e. The molecule has 1 aliphatic rings. The van der Waals surface area contributed by atoms with Gasteiger partial charge in [0, 0.05) is 32.6 Å². The Bertz CT molecular complexity index is 755. The molecule has 3 heterocycles. The highest BCUT2D eigenvalue weighted by Gasteiger charge is 2.26. The van der Waals surface area contributed by atoms with Crippen LogP contribution in [0.3, 0.4) is 0 Å². The third-order valence-corrected chi connectivity index (χ3v) is 4.63. The molecule has 1 aliphatic heterocycles. The maximum atomic E-state index is 12.1. The average molecular weight is 330 g/mol. The molecule has 0 unspecified atom stereocenters. The van der Waals surface area contributed by atoms with Gasteiger partial charge >= 0.3 is 5.69 Å². The Kier molecular flexibility index (Phi) is 5.04. The van der Waals surface area contributed by atoms with E-state index < -0.39 is 0 Å². The molecule has 6 heteroatoms. The van der Waals surface area contributed by atoms with Gasteiger partial charge in [0.2, 0.25) is 0 Å². The van der Waals surface area contributed by atoms with E-state index in [9.17, 15) is 4.79 Å². The van der Waals surface area contributed by atoms with E-state index >= 15 is 0 Å². The van der Waals surface area contributed by atoms with Gasteiger partial charge in [0.1, 0.15) is 11.6 Å². The monoisotopic (exact) mass is 330 g/mol. The third kappa shape index (κ3) is 3.53. The molecule has 1 fully saturated rings. The highest BCUT2D eigenvalue weighted by atomic mass is 16.3. The average Bonchev–Trinajstić information content (AvgIpc) is 3.16. The fourth-order valence-electron chi connectivity index (χ4n) is 3.55. The molecule has 130 valence electrons. The molecule has 0 spiro atoms. The van der Waals surface area contributed by atoms with Crippen molar-refractivity contribution in [2.75, 3.05) is 19.6 Å². The summed E-state index contributed by atoms with van der Waals surface area (Å²) in [6.07, 6.45) is 6.01. The van der Waals surface area contributed by atoms with Gasteiger partial charge in [-0.05, 0) is 51.4 Å². The smallest absolute Gasteiger partial charge is 0.345 e. The van der Waals surface area contributed by atoms with E-state index in [1.54, 1.807) is 17.9 Å². The lowest BCUT2D eigenvalue weighted by atomic mass is 9.96. The first-order valence-corrected chi connectivity index (χ1v) is 8.65. The standard InChI is InChI=1S/C18H26N4O2/c1-4-22-17(19-20(3)18(22)23)15-7-5-9-21(13-15)12-14(2)11-16-8-6-10-24-16/h6,8,10-11,15H,4-5,7,9,12-13H2,1-3H3/b14-11+/t15-/m0/s1. The van der Waals surface area contributed by atoms with Crippen molar-refractivity contribution in [1.82, 2.24) is 19.2 Å². The molecule has 0 N–H and O–H groups in total. The number of rotatable bonds is 5. The van der Waals surface area contributed by atoms with Crippen molar-refractivity contribution in [3.8, 4) is 0 Å². The van der Waals surface area contributed by atoms with Crippen molar-refractivity contribution in [1.29, 1.82) is 0 Å². The van der Waals surface area contributed by atoms with Gasteiger partial charge in [-0.25, -0.2) is 9.48 Å². The number of aryl methyl sites for hydroxylation is 1.